The minimum Gasteiger partial charge on any atom is -0.324 e. The number of nitrogens with one attached hydrogen (secondary N) is 1. The van der Waals surface area contributed by atoms with Gasteiger partial charge in [0.25, 0.3) is 0 Å². The number of fused-ring (bicyclic) bond motifs is 1. The van der Waals surface area contributed by atoms with E-state index >= 15 is 0 Å². The Morgan fingerprint density at radius 1 is 0.743 bits per heavy atom. The van der Waals surface area contributed by atoms with E-state index in [4.69, 9.17) is 0 Å². The highest BCUT2D eigenvalue weighted by atomic mass is 19.1. The number of carbonyl (C=O) groups excluding carboxylic acids is 1. The number of hydrogen-bond acceptors (Lipinski definition) is 3. The van der Waals surface area contributed by atoms with E-state index in [-0.39, 0.29) is 23.6 Å². The highest BCUT2D eigenvalue weighted by Gasteiger charge is 2.27. The molecule has 0 atom stereocenters. The number of nitrogens with zero attached hydrogens (tertiary/aromatic N) is 2. The fraction of sp³-hybridized carbons (Fsp3) is 0.207. The molecule has 4 aromatic carbocycles. The maximum Gasteiger partial charge on any atom is 0.238 e. The molecule has 4 aromatic rings. The van der Waals surface area contributed by atoms with Crippen LogP contribution >= 0.6 is 0 Å². The lowest BCUT2D eigenvalue weighted by atomic mass is 9.96. The summed E-state index contributed by atoms with van der Waals surface area (Å²) in [5.74, 6) is -0.606. The number of halogens is 2. The van der Waals surface area contributed by atoms with Crippen LogP contribution in [0.2, 0.25) is 0 Å². The minimum atomic E-state index is -0.284. The predicted molar refractivity (Wildman–Crippen MR) is 135 cm³/mol. The molecule has 178 valence electrons. The zero-order chi connectivity index (χ0) is 24.2. The number of hydrogen-bond donors (Lipinski definition) is 1. The third-order valence-electron chi connectivity index (χ3n) is 6.57. The van der Waals surface area contributed by atoms with E-state index in [1.54, 1.807) is 24.3 Å². The van der Waals surface area contributed by atoms with E-state index in [0.717, 1.165) is 53.8 Å². The minimum absolute atomic E-state index is 0.0385. The first-order valence-corrected chi connectivity index (χ1v) is 11.8. The van der Waals surface area contributed by atoms with E-state index < -0.39 is 0 Å². The van der Waals surface area contributed by atoms with Crippen molar-refractivity contribution in [1.82, 2.24) is 9.80 Å². The molecule has 5 rings (SSSR count). The summed E-state index contributed by atoms with van der Waals surface area (Å²) in [4.78, 5) is 17.3. The van der Waals surface area contributed by atoms with Crippen LogP contribution in [0.5, 0.6) is 0 Å². The standard InChI is InChI=1S/C29H27F2N3O/c30-24-12-8-22(9-13-24)29(23-10-14-25(31)15-11-23)34-18-16-33(17-19-34)20-28(35)32-27-7-3-5-21-4-1-2-6-26(21)27/h1-15,29H,16-20H2,(H,32,35). The van der Waals surface area contributed by atoms with Gasteiger partial charge in [-0.25, -0.2) is 8.78 Å². The third-order valence-corrected chi connectivity index (χ3v) is 6.57. The molecule has 1 heterocycles. The molecule has 0 aromatic heterocycles. The van der Waals surface area contributed by atoms with Crippen molar-refractivity contribution in [2.75, 3.05) is 38.0 Å². The van der Waals surface area contributed by atoms with Gasteiger partial charge in [0.05, 0.1) is 12.6 Å². The summed E-state index contributed by atoms with van der Waals surface area (Å²) >= 11 is 0. The van der Waals surface area contributed by atoms with Crippen molar-refractivity contribution in [3.8, 4) is 0 Å². The molecule has 0 radical (unpaired) electrons. The van der Waals surface area contributed by atoms with Gasteiger partial charge in [-0.15, -0.1) is 0 Å². The second-order valence-corrected chi connectivity index (χ2v) is 8.89. The summed E-state index contributed by atoms with van der Waals surface area (Å²) in [7, 11) is 0. The molecular formula is C29H27F2N3O. The van der Waals surface area contributed by atoms with Crippen LogP contribution in [-0.4, -0.2) is 48.4 Å². The summed E-state index contributed by atoms with van der Waals surface area (Å²) in [5, 5.41) is 5.18. The monoisotopic (exact) mass is 471 g/mol. The van der Waals surface area contributed by atoms with Gasteiger partial charge in [-0.2, -0.15) is 0 Å². The molecule has 1 aliphatic heterocycles. The Hall–Kier alpha value is -3.61. The molecule has 4 nitrogen and oxygen atoms in total. The zero-order valence-electron chi connectivity index (χ0n) is 19.3. The van der Waals surface area contributed by atoms with Crippen LogP contribution in [0.25, 0.3) is 10.8 Å². The van der Waals surface area contributed by atoms with Crippen LogP contribution in [0.3, 0.4) is 0 Å². The van der Waals surface area contributed by atoms with Crippen LogP contribution in [0.15, 0.2) is 91.0 Å². The van der Waals surface area contributed by atoms with Crippen molar-refractivity contribution < 1.29 is 13.6 Å². The predicted octanol–water partition coefficient (Wildman–Crippen LogP) is 5.46. The summed E-state index contributed by atoms with van der Waals surface area (Å²) in [5.41, 5.74) is 2.74. The second kappa shape index (κ2) is 10.3. The molecule has 0 spiro atoms. The molecule has 1 amide bonds. The molecular weight excluding hydrogens is 444 g/mol. The van der Waals surface area contributed by atoms with Crippen molar-refractivity contribution >= 4 is 22.4 Å². The van der Waals surface area contributed by atoms with Gasteiger partial charge in [-0.1, -0.05) is 60.7 Å². The molecule has 0 saturated carbocycles. The van der Waals surface area contributed by atoms with Crippen molar-refractivity contribution in [3.63, 3.8) is 0 Å². The Morgan fingerprint density at radius 2 is 1.31 bits per heavy atom. The molecule has 6 heteroatoms. The first-order chi connectivity index (χ1) is 17.1. The SMILES string of the molecule is O=C(CN1CCN(C(c2ccc(F)cc2)c2ccc(F)cc2)CC1)Nc1cccc2ccccc12. The van der Waals surface area contributed by atoms with Gasteiger partial charge in [0.2, 0.25) is 5.91 Å². The van der Waals surface area contributed by atoms with Crippen LogP contribution in [-0.2, 0) is 4.79 Å². The van der Waals surface area contributed by atoms with Gasteiger partial charge in [-0.05, 0) is 46.8 Å². The highest BCUT2D eigenvalue weighted by molar-refractivity contribution is 6.02. The Kier molecular flexibility index (Phi) is 6.84. The summed E-state index contributed by atoms with van der Waals surface area (Å²) in [6, 6.07) is 26.8. The number of benzene rings is 4. The molecule has 1 aliphatic rings. The topological polar surface area (TPSA) is 35.6 Å². The molecule has 0 bridgehead atoms. The smallest absolute Gasteiger partial charge is 0.238 e. The number of anilines is 1. The zero-order valence-corrected chi connectivity index (χ0v) is 19.3. The van der Waals surface area contributed by atoms with Gasteiger partial charge in [-0.3, -0.25) is 14.6 Å². The van der Waals surface area contributed by atoms with Crippen molar-refractivity contribution in [2.24, 2.45) is 0 Å². The summed E-state index contributed by atoms with van der Waals surface area (Å²) in [6.45, 7) is 3.24. The van der Waals surface area contributed by atoms with Crippen molar-refractivity contribution in [3.05, 3.63) is 114 Å². The average Bonchev–Trinajstić information content (AvgIpc) is 2.88. The van der Waals surface area contributed by atoms with Crippen LogP contribution < -0.4 is 5.32 Å². The van der Waals surface area contributed by atoms with Crippen LogP contribution in [0.1, 0.15) is 17.2 Å². The summed E-state index contributed by atoms with van der Waals surface area (Å²) in [6.07, 6.45) is 0. The lowest BCUT2D eigenvalue weighted by Crippen LogP contribution is -2.49. The quantitative estimate of drug-likeness (QED) is 0.405. The van der Waals surface area contributed by atoms with E-state index in [0.29, 0.717) is 6.54 Å². The molecule has 35 heavy (non-hydrogen) atoms. The second-order valence-electron chi connectivity index (χ2n) is 8.89. The van der Waals surface area contributed by atoms with Crippen LogP contribution in [0.4, 0.5) is 14.5 Å². The molecule has 1 saturated heterocycles. The Labute approximate surface area is 203 Å². The number of carbonyl (C=O) groups is 1. The van der Waals surface area contributed by atoms with Crippen LogP contribution in [0, 0.1) is 11.6 Å². The number of rotatable bonds is 6. The third kappa shape index (κ3) is 5.39. The van der Waals surface area contributed by atoms with Gasteiger partial charge in [0.1, 0.15) is 11.6 Å². The van der Waals surface area contributed by atoms with Crippen molar-refractivity contribution in [1.29, 1.82) is 0 Å². The first-order valence-electron chi connectivity index (χ1n) is 11.8. The average molecular weight is 472 g/mol. The van der Waals surface area contributed by atoms with E-state index in [1.165, 1.54) is 24.3 Å². The highest BCUT2D eigenvalue weighted by Crippen LogP contribution is 2.30. The Bertz CT molecular complexity index is 1250. The maximum absolute atomic E-state index is 13.6. The fourth-order valence-electron chi connectivity index (χ4n) is 4.81. The van der Waals surface area contributed by atoms with E-state index in [1.807, 2.05) is 42.5 Å². The van der Waals surface area contributed by atoms with Crippen molar-refractivity contribution in [2.45, 2.75) is 6.04 Å². The van der Waals surface area contributed by atoms with Gasteiger partial charge in [0.15, 0.2) is 0 Å². The van der Waals surface area contributed by atoms with Gasteiger partial charge >= 0.3 is 0 Å². The normalized spacial score (nSPS) is 14.9. The molecule has 0 unspecified atom stereocenters. The molecule has 0 aliphatic carbocycles. The fourth-order valence-corrected chi connectivity index (χ4v) is 4.81. The van der Waals surface area contributed by atoms with E-state index in [2.05, 4.69) is 15.1 Å². The lowest BCUT2D eigenvalue weighted by molar-refractivity contribution is -0.117. The van der Waals surface area contributed by atoms with E-state index in [9.17, 15) is 13.6 Å². The molecule has 1 N–H and O–H groups in total. The largest absolute Gasteiger partial charge is 0.324 e. The number of amides is 1. The Morgan fingerprint density at radius 3 is 1.94 bits per heavy atom. The number of piperazine rings is 1. The van der Waals surface area contributed by atoms with Gasteiger partial charge in [0, 0.05) is 37.3 Å². The lowest BCUT2D eigenvalue weighted by Gasteiger charge is -2.39. The maximum atomic E-state index is 13.6. The first kappa shape index (κ1) is 23.1. The molecule has 1 fully saturated rings. The Balaban J connectivity index is 1.25. The van der Waals surface area contributed by atoms with Gasteiger partial charge < -0.3 is 5.32 Å². The summed E-state index contributed by atoms with van der Waals surface area (Å²) < 4.78 is 27.1.